The van der Waals surface area contributed by atoms with E-state index in [-0.39, 0.29) is 6.54 Å². The third kappa shape index (κ3) is 1.67. The second-order valence-corrected chi connectivity index (χ2v) is 5.35. The van der Waals surface area contributed by atoms with Gasteiger partial charge in [0, 0.05) is 19.1 Å². The predicted octanol–water partition coefficient (Wildman–Crippen LogP) is 0.920. The monoisotopic (exact) mass is 239 g/mol. The molecule has 0 atom stereocenters. The van der Waals surface area contributed by atoms with E-state index in [1.54, 1.807) is 12.1 Å². The van der Waals surface area contributed by atoms with Crippen molar-refractivity contribution in [3.05, 3.63) is 34.7 Å². The zero-order valence-electron chi connectivity index (χ0n) is 8.93. The van der Waals surface area contributed by atoms with Crippen molar-refractivity contribution < 1.29 is 13.2 Å². The Labute approximate surface area is 94.6 Å². The average Bonchev–Trinajstić information content (AvgIpc) is 2.52. The van der Waals surface area contributed by atoms with Crippen LogP contribution in [0.1, 0.15) is 11.1 Å². The first-order valence-electron chi connectivity index (χ1n) is 4.87. The van der Waals surface area contributed by atoms with E-state index in [2.05, 4.69) is 0 Å². The van der Waals surface area contributed by atoms with Crippen molar-refractivity contribution in [2.24, 2.45) is 5.73 Å². The van der Waals surface area contributed by atoms with Crippen molar-refractivity contribution in [1.29, 1.82) is 0 Å². The molecular formula is C11H13NO3S. The molecule has 2 N–H and O–H groups in total. The van der Waals surface area contributed by atoms with Gasteiger partial charge in [0.25, 0.3) is 0 Å². The molecule has 1 aromatic carbocycles. The zero-order chi connectivity index (χ0) is 11.8. The molecule has 1 aliphatic rings. The summed E-state index contributed by atoms with van der Waals surface area (Å²) < 4.78 is 28.8. The van der Waals surface area contributed by atoms with Gasteiger partial charge >= 0.3 is 0 Å². The van der Waals surface area contributed by atoms with Crippen LogP contribution < -0.4 is 5.73 Å². The Balaban J connectivity index is 2.66. The number of benzene rings is 1. The van der Waals surface area contributed by atoms with Crippen molar-refractivity contribution in [3.63, 3.8) is 0 Å². The second kappa shape index (κ2) is 4.01. The normalized spacial score (nSPS) is 17.0. The fraction of sp³-hybridized carbons (Fsp3) is 0.273. The van der Waals surface area contributed by atoms with Crippen molar-refractivity contribution >= 4 is 15.4 Å². The van der Waals surface area contributed by atoms with E-state index in [0.717, 1.165) is 0 Å². The molecule has 1 heterocycles. The smallest absolute Gasteiger partial charge is 0.201 e. The number of hydrogen-bond donors (Lipinski definition) is 1. The van der Waals surface area contributed by atoms with Gasteiger partial charge in [-0.15, -0.1) is 0 Å². The van der Waals surface area contributed by atoms with Gasteiger partial charge in [-0.25, -0.2) is 8.42 Å². The fourth-order valence-electron chi connectivity index (χ4n) is 1.91. The summed E-state index contributed by atoms with van der Waals surface area (Å²) >= 11 is 0. The molecule has 0 fully saturated rings. The Morgan fingerprint density at radius 3 is 2.75 bits per heavy atom. The maximum atomic E-state index is 11.9. The van der Waals surface area contributed by atoms with Crippen molar-refractivity contribution in [2.45, 2.75) is 11.4 Å². The van der Waals surface area contributed by atoms with E-state index in [4.69, 9.17) is 10.5 Å². The molecule has 0 unspecified atom stereocenters. The van der Waals surface area contributed by atoms with Crippen molar-refractivity contribution in [1.82, 2.24) is 0 Å². The van der Waals surface area contributed by atoms with Gasteiger partial charge in [0.05, 0.1) is 11.5 Å². The minimum atomic E-state index is -3.34. The molecule has 1 aliphatic heterocycles. The van der Waals surface area contributed by atoms with Crippen molar-refractivity contribution in [3.8, 4) is 0 Å². The van der Waals surface area contributed by atoms with Crippen LogP contribution in [0.4, 0.5) is 0 Å². The summed E-state index contributed by atoms with van der Waals surface area (Å²) in [5.41, 5.74) is 7.60. The van der Waals surface area contributed by atoms with E-state index in [1.807, 2.05) is 6.07 Å². The summed E-state index contributed by atoms with van der Waals surface area (Å²) in [6, 6.07) is 5.33. The molecule has 0 radical (unpaired) electrons. The summed E-state index contributed by atoms with van der Waals surface area (Å²) in [5, 5.41) is 1.26. The first-order chi connectivity index (χ1) is 7.60. The lowest BCUT2D eigenvalue weighted by Gasteiger charge is -2.07. The minimum Gasteiger partial charge on any atom is -0.380 e. The second-order valence-electron chi connectivity index (χ2n) is 3.62. The summed E-state index contributed by atoms with van der Waals surface area (Å²) in [4.78, 5) is 0.338. The molecule has 0 aliphatic carbocycles. The zero-order valence-corrected chi connectivity index (χ0v) is 9.75. The SMILES string of the molecule is COCC1=CS(=O)(=O)c2c(CN)cccc21. The molecule has 0 bridgehead atoms. The lowest BCUT2D eigenvalue weighted by molar-refractivity contribution is 0.239. The quantitative estimate of drug-likeness (QED) is 0.851. The van der Waals surface area contributed by atoms with Crippen LogP contribution >= 0.6 is 0 Å². The summed E-state index contributed by atoms with van der Waals surface area (Å²) in [7, 11) is -1.80. The first-order valence-corrected chi connectivity index (χ1v) is 6.41. The Bertz CT molecular complexity index is 546. The minimum absolute atomic E-state index is 0.219. The Morgan fingerprint density at radius 1 is 1.38 bits per heavy atom. The summed E-state index contributed by atoms with van der Waals surface area (Å²) in [6.45, 7) is 0.511. The summed E-state index contributed by atoms with van der Waals surface area (Å²) in [5.74, 6) is 0. The maximum absolute atomic E-state index is 11.9. The van der Waals surface area contributed by atoms with Gasteiger partial charge in [-0.3, -0.25) is 0 Å². The van der Waals surface area contributed by atoms with Crippen molar-refractivity contribution in [2.75, 3.05) is 13.7 Å². The molecule has 5 heteroatoms. The lowest BCUT2D eigenvalue weighted by atomic mass is 10.1. The topological polar surface area (TPSA) is 69.4 Å². The highest BCUT2D eigenvalue weighted by Crippen LogP contribution is 2.35. The highest BCUT2D eigenvalue weighted by atomic mass is 32.2. The van der Waals surface area contributed by atoms with Gasteiger partial charge in [-0.2, -0.15) is 0 Å². The standard InChI is InChI=1S/C11H13NO3S/c1-15-6-9-7-16(13,14)11-8(5-12)3-2-4-10(9)11/h2-4,7H,5-6,12H2,1H3. The van der Waals surface area contributed by atoms with Gasteiger partial charge in [0.2, 0.25) is 9.84 Å². The number of methoxy groups -OCH3 is 1. The molecule has 0 saturated carbocycles. The van der Waals surface area contributed by atoms with Crippen LogP contribution in [0.5, 0.6) is 0 Å². The number of ether oxygens (including phenoxy) is 1. The molecular weight excluding hydrogens is 226 g/mol. The van der Waals surface area contributed by atoms with Gasteiger partial charge < -0.3 is 10.5 Å². The van der Waals surface area contributed by atoms with E-state index < -0.39 is 9.84 Å². The number of rotatable bonds is 3. The average molecular weight is 239 g/mol. The van der Waals surface area contributed by atoms with Gasteiger partial charge in [-0.05, 0) is 16.7 Å². The van der Waals surface area contributed by atoms with Crippen LogP contribution in [0.25, 0.3) is 5.57 Å². The fourth-order valence-corrected chi connectivity index (χ4v) is 3.62. The third-order valence-electron chi connectivity index (χ3n) is 2.54. The molecule has 0 saturated heterocycles. The van der Waals surface area contributed by atoms with Gasteiger partial charge in [0.1, 0.15) is 0 Å². The number of fused-ring (bicyclic) bond motifs is 1. The van der Waals surface area contributed by atoms with Gasteiger partial charge in [0.15, 0.2) is 0 Å². The highest BCUT2D eigenvalue weighted by Gasteiger charge is 2.28. The molecule has 16 heavy (non-hydrogen) atoms. The summed E-state index contributed by atoms with van der Waals surface area (Å²) in [6.07, 6.45) is 0. The van der Waals surface area contributed by atoms with Crippen LogP contribution in [0.3, 0.4) is 0 Å². The molecule has 1 aromatic rings. The molecule has 86 valence electrons. The van der Waals surface area contributed by atoms with Crippen LogP contribution in [0.2, 0.25) is 0 Å². The third-order valence-corrected chi connectivity index (χ3v) is 4.19. The molecule has 4 nitrogen and oxygen atoms in total. The van der Waals surface area contributed by atoms with Gasteiger partial charge in [-0.1, -0.05) is 18.2 Å². The van der Waals surface area contributed by atoms with E-state index in [9.17, 15) is 8.42 Å². The van der Waals surface area contributed by atoms with Crippen LogP contribution in [-0.2, 0) is 21.1 Å². The van der Waals surface area contributed by atoms with Crippen LogP contribution in [0, 0.1) is 0 Å². The maximum Gasteiger partial charge on any atom is 0.201 e. The Kier molecular flexibility index (Phi) is 2.84. The molecule has 2 rings (SSSR count). The highest BCUT2D eigenvalue weighted by molar-refractivity contribution is 7.95. The Hall–Kier alpha value is -1.17. The number of nitrogens with two attached hydrogens (primary N) is 1. The van der Waals surface area contributed by atoms with Crippen LogP contribution in [0.15, 0.2) is 28.5 Å². The van der Waals surface area contributed by atoms with E-state index >= 15 is 0 Å². The number of hydrogen-bond acceptors (Lipinski definition) is 4. The molecule has 0 aromatic heterocycles. The largest absolute Gasteiger partial charge is 0.380 e. The molecule has 0 spiro atoms. The molecule has 0 amide bonds. The van der Waals surface area contributed by atoms with E-state index in [0.29, 0.717) is 28.2 Å². The van der Waals surface area contributed by atoms with E-state index in [1.165, 1.54) is 12.5 Å². The predicted molar refractivity (Wildman–Crippen MR) is 61.4 cm³/mol. The Morgan fingerprint density at radius 2 is 2.12 bits per heavy atom. The number of sulfone groups is 1. The first kappa shape index (κ1) is 11.3. The van der Waals surface area contributed by atoms with Crippen LogP contribution in [-0.4, -0.2) is 22.1 Å². The lowest BCUT2D eigenvalue weighted by Crippen LogP contribution is -2.05.